The smallest absolute Gasteiger partial charge is 0.246 e. The van der Waals surface area contributed by atoms with E-state index in [0.29, 0.717) is 24.5 Å². The second-order valence-electron chi connectivity index (χ2n) is 5.32. The van der Waals surface area contributed by atoms with Crippen molar-refractivity contribution >= 4 is 26.0 Å². The molecule has 126 valence electrons. The van der Waals surface area contributed by atoms with Crippen LogP contribution in [0.1, 0.15) is 11.4 Å². The number of aryl methyl sites for hydroxylation is 1. The summed E-state index contributed by atoms with van der Waals surface area (Å²) in [5.74, 6) is 0.752. The van der Waals surface area contributed by atoms with Gasteiger partial charge in [-0.25, -0.2) is 12.7 Å². The van der Waals surface area contributed by atoms with Crippen LogP contribution in [0.5, 0.6) is 5.75 Å². The number of nitrogens with zero attached hydrogens (tertiary/aromatic N) is 3. The van der Waals surface area contributed by atoms with Crippen molar-refractivity contribution in [2.75, 3.05) is 20.7 Å². The fourth-order valence-electron chi connectivity index (χ4n) is 2.26. The highest BCUT2D eigenvalue weighted by molar-refractivity contribution is 9.10. The third kappa shape index (κ3) is 3.94. The zero-order valence-electron chi connectivity index (χ0n) is 13.6. The van der Waals surface area contributed by atoms with Gasteiger partial charge in [0.05, 0.1) is 17.9 Å². The van der Waals surface area contributed by atoms with Crippen LogP contribution < -0.4 is 4.74 Å². The van der Waals surface area contributed by atoms with Crippen molar-refractivity contribution in [3.63, 3.8) is 0 Å². The third-order valence-corrected chi connectivity index (χ3v) is 5.98. The van der Waals surface area contributed by atoms with E-state index in [-0.39, 0.29) is 4.90 Å². The monoisotopic (exact) mass is 401 g/mol. The van der Waals surface area contributed by atoms with Gasteiger partial charge in [0.25, 0.3) is 0 Å². The highest BCUT2D eigenvalue weighted by Gasteiger charge is 2.26. The van der Waals surface area contributed by atoms with Crippen LogP contribution in [0.15, 0.2) is 33.6 Å². The van der Waals surface area contributed by atoms with Gasteiger partial charge in [0.15, 0.2) is 0 Å². The Morgan fingerprint density at radius 3 is 2.61 bits per heavy atom. The minimum absolute atomic E-state index is 0.268. The van der Waals surface area contributed by atoms with Crippen LogP contribution in [-0.4, -0.2) is 43.2 Å². The van der Waals surface area contributed by atoms with Crippen molar-refractivity contribution in [1.82, 2.24) is 14.1 Å². The second-order valence-corrected chi connectivity index (χ2v) is 8.32. The van der Waals surface area contributed by atoms with Gasteiger partial charge in [0.2, 0.25) is 10.0 Å². The van der Waals surface area contributed by atoms with Crippen LogP contribution >= 0.6 is 15.9 Å². The molecule has 0 bridgehead atoms. The molecule has 0 aliphatic rings. The van der Waals surface area contributed by atoms with Crippen LogP contribution in [-0.2, 0) is 16.6 Å². The molecule has 1 aromatic carbocycles. The van der Waals surface area contributed by atoms with Crippen molar-refractivity contribution in [3.05, 3.63) is 40.1 Å². The first-order chi connectivity index (χ1) is 10.7. The third-order valence-electron chi connectivity index (χ3n) is 3.42. The molecule has 23 heavy (non-hydrogen) atoms. The Bertz CT molecular complexity index is 800. The van der Waals surface area contributed by atoms with Gasteiger partial charge >= 0.3 is 0 Å². The molecule has 0 atom stereocenters. The SMILES string of the molecule is Cc1nn(CCOc2cccc(Br)c2)c(C)c1S(=O)(=O)N(C)C. The molecule has 0 N–H and O–H groups in total. The Morgan fingerprint density at radius 2 is 2.00 bits per heavy atom. The molecule has 1 aromatic heterocycles. The Balaban J connectivity index is 2.13. The number of hydrogen-bond donors (Lipinski definition) is 0. The summed E-state index contributed by atoms with van der Waals surface area (Å²) in [4.78, 5) is 0.268. The Labute approximate surface area is 145 Å². The number of rotatable bonds is 6. The van der Waals surface area contributed by atoms with E-state index in [1.165, 1.54) is 18.4 Å². The van der Waals surface area contributed by atoms with Crippen molar-refractivity contribution < 1.29 is 13.2 Å². The maximum absolute atomic E-state index is 12.4. The molecular formula is C15H20BrN3O3S. The van der Waals surface area contributed by atoms with Crippen molar-refractivity contribution in [2.24, 2.45) is 0 Å². The molecule has 0 saturated heterocycles. The summed E-state index contributed by atoms with van der Waals surface area (Å²) in [6.07, 6.45) is 0. The molecule has 0 saturated carbocycles. The van der Waals surface area contributed by atoms with Gasteiger partial charge in [-0.3, -0.25) is 4.68 Å². The number of sulfonamides is 1. The average Bonchev–Trinajstić information content (AvgIpc) is 2.74. The van der Waals surface area contributed by atoms with E-state index in [9.17, 15) is 8.42 Å². The summed E-state index contributed by atoms with van der Waals surface area (Å²) in [5.41, 5.74) is 1.12. The zero-order chi connectivity index (χ0) is 17.2. The lowest BCUT2D eigenvalue weighted by Gasteiger charge is -2.12. The first-order valence-electron chi connectivity index (χ1n) is 7.08. The molecule has 8 heteroatoms. The Morgan fingerprint density at radius 1 is 1.30 bits per heavy atom. The first kappa shape index (κ1) is 18.0. The molecule has 0 unspecified atom stereocenters. The standard InChI is InChI=1S/C15H20BrN3O3S/c1-11-15(23(20,21)18(3)4)12(2)19(17-11)8-9-22-14-7-5-6-13(16)10-14/h5-7,10H,8-9H2,1-4H3. The fourth-order valence-corrected chi connectivity index (χ4v) is 3.90. The van der Waals surface area contributed by atoms with E-state index in [2.05, 4.69) is 21.0 Å². The van der Waals surface area contributed by atoms with Crippen molar-refractivity contribution in [3.8, 4) is 5.75 Å². The molecule has 6 nitrogen and oxygen atoms in total. The maximum atomic E-state index is 12.4. The molecule has 2 aromatic rings. The molecule has 0 fully saturated rings. The molecule has 0 radical (unpaired) electrons. The lowest BCUT2D eigenvalue weighted by atomic mass is 10.3. The summed E-state index contributed by atoms with van der Waals surface area (Å²) in [5, 5.41) is 4.33. The Kier molecular flexibility index (Phi) is 5.49. The normalized spacial score (nSPS) is 11.9. The van der Waals surface area contributed by atoms with E-state index < -0.39 is 10.0 Å². The number of hydrogen-bond acceptors (Lipinski definition) is 4. The quantitative estimate of drug-likeness (QED) is 0.745. The molecule has 0 aliphatic heterocycles. The van der Waals surface area contributed by atoms with Crippen LogP contribution in [0.25, 0.3) is 0 Å². The topological polar surface area (TPSA) is 64.4 Å². The average molecular weight is 402 g/mol. The molecular weight excluding hydrogens is 382 g/mol. The van der Waals surface area contributed by atoms with E-state index in [4.69, 9.17) is 4.74 Å². The van der Waals surface area contributed by atoms with E-state index in [0.717, 1.165) is 10.2 Å². The largest absolute Gasteiger partial charge is 0.492 e. The van der Waals surface area contributed by atoms with E-state index in [1.54, 1.807) is 18.5 Å². The van der Waals surface area contributed by atoms with Gasteiger partial charge in [-0.05, 0) is 32.0 Å². The highest BCUT2D eigenvalue weighted by atomic mass is 79.9. The van der Waals surface area contributed by atoms with Gasteiger partial charge in [0, 0.05) is 18.6 Å². The Hall–Kier alpha value is -1.38. The predicted octanol–water partition coefficient (Wildman–Crippen LogP) is 2.59. The fraction of sp³-hybridized carbons (Fsp3) is 0.400. The lowest BCUT2D eigenvalue weighted by molar-refractivity contribution is 0.289. The molecule has 0 aliphatic carbocycles. The lowest BCUT2D eigenvalue weighted by Crippen LogP contribution is -2.23. The second kappa shape index (κ2) is 7.02. The highest BCUT2D eigenvalue weighted by Crippen LogP contribution is 2.22. The van der Waals surface area contributed by atoms with Crippen molar-refractivity contribution in [1.29, 1.82) is 0 Å². The zero-order valence-corrected chi connectivity index (χ0v) is 16.0. The van der Waals surface area contributed by atoms with Crippen molar-refractivity contribution in [2.45, 2.75) is 25.3 Å². The van der Waals surface area contributed by atoms with E-state index >= 15 is 0 Å². The van der Waals surface area contributed by atoms with Gasteiger partial charge in [0.1, 0.15) is 17.3 Å². The van der Waals surface area contributed by atoms with Crippen LogP contribution in [0.2, 0.25) is 0 Å². The number of halogens is 1. The first-order valence-corrected chi connectivity index (χ1v) is 9.31. The maximum Gasteiger partial charge on any atom is 0.246 e. The van der Waals surface area contributed by atoms with Crippen LogP contribution in [0.3, 0.4) is 0 Å². The van der Waals surface area contributed by atoms with Crippen LogP contribution in [0.4, 0.5) is 0 Å². The summed E-state index contributed by atoms with van der Waals surface area (Å²) >= 11 is 3.39. The number of benzene rings is 1. The van der Waals surface area contributed by atoms with Gasteiger partial charge in [-0.1, -0.05) is 22.0 Å². The summed E-state index contributed by atoms with van der Waals surface area (Å²) < 4.78 is 34.2. The molecule has 0 amide bonds. The van der Waals surface area contributed by atoms with Crippen LogP contribution in [0, 0.1) is 13.8 Å². The van der Waals surface area contributed by atoms with E-state index in [1.807, 2.05) is 24.3 Å². The minimum atomic E-state index is -3.50. The van der Waals surface area contributed by atoms with Gasteiger partial charge in [-0.15, -0.1) is 0 Å². The number of aromatic nitrogens is 2. The summed E-state index contributed by atoms with van der Waals surface area (Å²) in [7, 11) is -0.466. The molecule has 1 heterocycles. The molecule has 2 rings (SSSR count). The van der Waals surface area contributed by atoms with Gasteiger partial charge < -0.3 is 4.74 Å². The summed E-state index contributed by atoms with van der Waals surface area (Å²) in [6.45, 7) is 4.34. The van der Waals surface area contributed by atoms with Gasteiger partial charge in [-0.2, -0.15) is 5.10 Å². The molecule has 0 spiro atoms. The number of ether oxygens (including phenoxy) is 1. The predicted molar refractivity (Wildman–Crippen MR) is 92.2 cm³/mol. The minimum Gasteiger partial charge on any atom is -0.492 e. The summed E-state index contributed by atoms with van der Waals surface area (Å²) in [6, 6.07) is 7.56.